The topological polar surface area (TPSA) is 84.9 Å². The molecule has 0 bridgehead atoms. The van der Waals surface area contributed by atoms with E-state index in [1.54, 1.807) is 23.3 Å². The Morgan fingerprint density at radius 2 is 1.72 bits per heavy atom. The van der Waals surface area contributed by atoms with Crippen molar-refractivity contribution in [2.45, 2.75) is 31.7 Å². The zero-order valence-corrected chi connectivity index (χ0v) is 16.5. The minimum absolute atomic E-state index is 0.0664. The molecular formula is C22H24N2O5. The van der Waals surface area contributed by atoms with E-state index in [4.69, 9.17) is 9.47 Å². The quantitative estimate of drug-likeness (QED) is 0.713. The van der Waals surface area contributed by atoms with E-state index in [9.17, 15) is 14.4 Å². The highest BCUT2D eigenvalue weighted by Crippen LogP contribution is 2.27. The van der Waals surface area contributed by atoms with Crippen molar-refractivity contribution in [1.82, 2.24) is 5.32 Å². The maximum Gasteiger partial charge on any atom is 0.355 e. The number of carbonyl (C=O) groups is 3. The molecule has 2 aliphatic rings. The molecule has 7 nitrogen and oxygen atoms in total. The monoisotopic (exact) mass is 396 g/mol. The molecule has 1 aliphatic heterocycles. The van der Waals surface area contributed by atoms with Crippen molar-refractivity contribution in [3.8, 4) is 0 Å². The van der Waals surface area contributed by atoms with E-state index in [-0.39, 0.29) is 17.2 Å². The molecule has 0 aromatic heterocycles. The summed E-state index contributed by atoms with van der Waals surface area (Å²) in [5.41, 5.74) is 1.86. The van der Waals surface area contributed by atoms with Gasteiger partial charge in [-0.3, -0.25) is 4.79 Å². The van der Waals surface area contributed by atoms with Crippen molar-refractivity contribution in [3.05, 3.63) is 65.5 Å². The van der Waals surface area contributed by atoms with Crippen LogP contribution in [0.1, 0.15) is 24.8 Å². The number of nitrogens with one attached hydrogen (secondary N) is 1. The van der Waals surface area contributed by atoms with Crippen LogP contribution in [-0.2, 0) is 30.3 Å². The van der Waals surface area contributed by atoms with Crippen molar-refractivity contribution in [3.63, 3.8) is 0 Å². The Hall–Kier alpha value is -3.35. The van der Waals surface area contributed by atoms with E-state index in [0.717, 1.165) is 18.4 Å². The molecular weight excluding hydrogens is 372 g/mol. The van der Waals surface area contributed by atoms with Gasteiger partial charge in [-0.2, -0.15) is 0 Å². The number of esters is 2. The van der Waals surface area contributed by atoms with E-state index in [1.165, 1.54) is 20.3 Å². The van der Waals surface area contributed by atoms with Crippen LogP contribution in [0.4, 0.5) is 5.69 Å². The van der Waals surface area contributed by atoms with Crippen LogP contribution in [0.15, 0.2) is 60.0 Å². The first-order valence-corrected chi connectivity index (χ1v) is 9.46. The van der Waals surface area contributed by atoms with E-state index >= 15 is 0 Å². The highest BCUT2D eigenvalue weighted by molar-refractivity contribution is 6.05. The van der Waals surface area contributed by atoms with Crippen molar-refractivity contribution >= 4 is 23.5 Å². The molecule has 0 atom stereocenters. The van der Waals surface area contributed by atoms with E-state index < -0.39 is 11.9 Å². The first-order valence-electron chi connectivity index (χ1n) is 9.46. The van der Waals surface area contributed by atoms with Crippen LogP contribution in [0.25, 0.3) is 0 Å². The van der Waals surface area contributed by atoms with Crippen LogP contribution in [0, 0.1) is 0 Å². The first-order chi connectivity index (χ1) is 14.0. The summed E-state index contributed by atoms with van der Waals surface area (Å²) < 4.78 is 9.70. The fraction of sp³-hybridized carbons (Fsp3) is 0.318. The smallest absolute Gasteiger partial charge is 0.355 e. The molecule has 1 fully saturated rings. The lowest BCUT2D eigenvalue weighted by Gasteiger charge is -2.23. The molecule has 3 rings (SSSR count). The molecule has 7 heteroatoms. The van der Waals surface area contributed by atoms with Gasteiger partial charge >= 0.3 is 11.9 Å². The molecule has 0 unspecified atom stereocenters. The molecule has 0 spiro atoms. The summed E-state index contributed by atoms with van der Waals surface area (Å²) in [6, 6.07) is 7.83. The number of amides is 1. The first kappa shape index (κ1) is 20.4. The maximum atomic E-state index is 12.4. The second-order valence-electron chi connectivity index (χ2n) is 6.82. The molecule has 1 amide bonds. The van der Waals surface area contributed by atoms with Crippen LogP contribution in [0.3, 0.4) is 0 Å². The minimum Gasteiger partial charge on any atom is -0.465 e. The van der Waals surface area contributed by atoms with Crippen LogP contribution in [-0.4, -0.2) is 38.1 Å². The van der Waals surface area contributed by atoms with Crippen molar-refractivity contribution in [2.75, 3.05) is 19.1 Å². The lowest BCUT2D eigenvalue weighted by atomic mass is 10.1. The van der Waals surface area contributed by atoms with Gasteiger partial charge < -0.3 is 19.7 Å². The molecule has 0 radical (unpaired) electrons. The molecule has 1 aromatic rings. The Balaban J connectivity index is 1.80. The predicted molar refractivity (Wildman–Crippen MR) is 108 cm³/mol. The van der Waals surface area contributed by atoms with Gasteiger partial charge in [-0.25, -0.2) is 9.59 Å². The molecule has 1 aliphatic carbocycles. The van der Waals surface area contributed by atoms with Gasteiger partial charge in [0.25, 0.3) is 0 Å². The number of rotatable bonds is 7. The molecule has 29 heavy (non-hydrogen) atoms. The number of hydrogen-bond donors (Lipinski definition) is 1. The third kappa shape index (κ3) is 5.13. The van der Waals surface area contributed by atoms with Crippen LogP contribution < -0.4 is 10.2 Å². The third-order valence-corrected chi connectivity index (χ3v) is 4.69. The molecule has 1 aromatic carbocycles. The Kier molecular flexibility index (Phi) is 6.49. The second-order valence-corrected chi connectivity index (χ2v) is 6.82. The van der Waals surface area contributed by atoms with Gasteiger partial charge in [0.1, 0.15) is 5.70 Å². The van der Waals surface area contributed by atoms with Crippen molar-refractivity contribution < 1.29 is 23.9 Å². The van der Waals surface area contributed by atoms with Gasteiger partial charge in [0.2, 0.25) is 5.91 Å². The van der Waals surface area contributed by atoms with Gasteiger partial charge in [0.05, 0.1) is 19.8 Å². The van der Waals surface area contributed by atoms with Crippen LogP contribution in [0.2, 0.25) is 0 Å². The van der Waals surface area contributed by atoms with Crippen LogP contribution >= 0.6 is 0 Å². The van der Waals surface area contributed by atoms with Gasteiger partial charge in [0, 0.05) is 24.4 Å². The molecule has 1 heterocycles. The van der Waals surface area contributed by atoms with E-state index in [2.05, 4.69) is 5.32 Å². The van der Waals surface area contributed by atoms with Crippen molar-refractivity contribution in [1.29, 1.82) is 0 Å². The fourth-order valence-electron chi connectivity index (χ4n) is 2.97. The SMILES string of the molecule is COC(=O)C1=C(C(=O)OC)N(c2ccc(CCC(=O)NC3CC3)cc2)C=CC=C1. The van der Waals surface area contributed by atoms with E-state index in [0.29, 0.717) is 24.6 Å². The predicted octanol–water partition coefficient (Wildman–Crippen LogP) is 2.39. The van der Waals surface area contributed by atoms with Crippen LogP contribution in [0.5, 0.6) is 0 Å². The van der Waals surface area contributed by atoms with Gasteiger partial charge in [-0.15, -0.1) is 0 Å². The normalized spacial score (nSPS) is 15.7. The number of methoxy groups -OCH3 is 2. The zero-order chi connectivity index (χ0) is 20.8. The number of aryl methyl sites for hydroxylation is 1. The second kappa shape index (κ2) is 9.23. The average Bonchev–Trinajstić information content (AvgIpc) is 3.57. The van der Waals surface area contributed by atoms with E-state index in [1.807, 2.05) is 24.3 Å². The number of carbonyl (C=O) groups excluding carboxylic acids is 3. The molecule has 152 valence electrons. The fourth-order valence-corrected chi connectivity index (χ4v) is 2.97. The summed E-state index contributed by atoms with van der Waals surface area (Å²) >= 11 is 0. The summed E-state index contributed by atoms with van der Waals surface area (Å²) in [5.74, 6) is -1.21. The number of hydrogen-bond acceptors (Lipinski definition) is 6. The largest absolute Gasteiger partial charge is 0.465 e. The van der Waals surface area contributed by atoms with Gasteiger partial charge in [-0.1, -0.05) is 18.2 Å². The Morgan fingerprint density at radius 1 is 1.03 bits per heavy atom. The Labute approximate surface area is 169 Å². The standard InChI is InChI=1S/C22H24N2O5/c1-28-21(26)18-5-3-4-14-24(20(18)22(27)29-2)17-11-6-15(7-12-17)8-13-19(25)23-16-9-10-16/h3-7,11-12,14,16H,8-10,13H2,1-2H3,(H,23,25). The molecule has 0 saturated heterocycles. The lowest BCUT2D eigenvalue weighted by Crippen LogP contribution is -2.27. The van der Waals surface area contributed by atoms with Gasteiger partial charge in [-0.05, 0) is 49.1 Å². The highest BCUT2D eigenvalue weighted by Gasteiger charge is 2.27. The minimum atomic E-state index is -0.651. The zero-order valence-electron chi connectivity index (χ0n) is 16.5. The summed E-state index contributed by atoms with van der Waals surface area (Å²) in [7, 11) is 2.52. The highest BCUT2D eigenvalue weighted by atomic mass is 16.5. The number of nitrogens with zero attached hydrogens (tertiary/aromatic N) is 1. The maximum absolute atomic E-state index is 12.4. The average molecular weight is 396 g/mol. The number of ether oxygens (including phenoxy) is 2. The van der Waals surface area contributed by atoms with Crippen molar-refractivity contribution in [2.24, 2.45) is 0 Å². The molecule has 1 N–H and O–H groups in total. The number of anilines is 1. The summed E-state index contributed by atoms with van der Waals surface area (Å²) in [6.07, 6.45) is 9.77. The Morgan fingerprint density at radius 3 is 2.34 bits per heavy atom. The summed E-state index contributed by atoms with van der Waals surface area (Å²) in [6.45, 7) is 0. The summed E-state index contributed by atoms with van der Waals surface area (Å²) in [5, 5.41) is 2.98. The molecule has 1 saturated carbocycles. The third-order valence-electron chi connectivity index (χ3n) is 4.69. The number of allylic oxidation sites excluding steroid dienone is 2. The van der Waals surface area contributed by atoms with Gasteiger partial charge in [0.15, 0.2) is 0 Å². The summed E-state index contributed by atoms with van der Waals surface area (Å²) in [4.78, 5) is 38.1. The Bertz CT molecular complexity index is 879. The number of benzene rings is 1. The lowest BCUT2D eigenvalue weighted by molar-refractivity contribution is -0.139.